The number of amides is 2. The second kappa shape index (κ2) is 8.30. The molecule has 30 heavy (non-hydrogen) atoms. The highest BCUT2D eigenvalue weighted by Gasteiger charge is 2.34. The maximum atomic E-state index is 13.0. The highest BCUT2D eigenvalue weighted by Crippen LogP contribution is 2.36. The molecule has 0 unspecified atom stereocenters. The van der Waals surface area contributed by atoms with Crippen molar-refractivity contribution in [3.05, 3.63) is 82.8 Å². The van der Waals surface area contributed by atoms with Gasteiger partial charge in [-0.15, -0.1) is 17.9 Å². The summed E-state index contributed by atoms with van der Waals surface area (Å²) < 4.78 is 0. The second-order valence-corrected chi connectivity index (χ2v) is 8.00. The average molecular weight is 439 g/mol. The van der Waals surface area contributed by atoms with Crippen LogP contribution in [0.15, 0.2) is 66.6 Å². The molecule has 1 aliphatic rings. The number of nitrogens with zero attached hydrogens (tertiary/aromatic N) is 3. The summed E-state index contributed by atoms with van der Waals surface area (Å²) in [7, 11) is 0. The van der Waals surface area contributed by atoms with Gasteiger partial charge in [0.05, 0.1) is 16.9 Å². The summed E-state index contributed by atoms with van der Waals surface area (Å²) in [5, 5.41) is 6.28. The van der Waals surface area contributed by atoms with Crippen molar-refractivity contribution in [1.29, 1.82) is 0 Å². The van der Waals surface area contributed by atoms with E-state index in [0.717, 1.165) is 5.69 Å². The van der Waals surface area contributed by atoms with Gasteiger partial charge in [0.15, 0.2) is 5.13 Å². The van der Waals surface area contributed by atoms with Gasteiger partial charge >= 0.3 is 0 Å². The van der Waals surface area contributed by atoms with Crippen molar-refractivity contribution in [1.82, 2.24) is 9.88 Å². The summed E-state index contributed by atoms with van der Waals surface area (Å²) in [6.07, 6.45) is 1.21. The van der Waals surface area contributed by atoms with E-state index in [1.807, 2.05) is 23.6 Å². The minimum atomic E-state index is -0.469. The predicted octanol–water partition coefficient (Wildman–Crippen LogP) is 5.23. The zero-order chi connectivity index (χ0) is 21.3. The number of para-hydroxylation sites is 1. The summed E-state index contributed by atoms with van der Waals surface area (Å²) in [6, 6.07) is 14.4. The van der Waals surface area contributed by atoms with Crippen LogP contribution < -0.4 is 10.2 Å². The highest BCUT2D eigenvalue weighted by atomic mass is 35.5. The molecule has 0 spiro atoms. The van der Waals surface area contributed by atoms with E-state index in [1.165, 1.54) is 23.2 Å². The van der Waals surface area contributed by atoms with Crippen LogP contribution in [-0.2, 0) is 4.79 Å². The van der Waals surface area contributed by atoms with Crippen LogP contribution in [0.25, 0.3) is 0 Å². The molecule has 2 heterocycles. The Morgan fingerprint density at radius 3 is 2.87 bits per heavy atom. The molecule has 4 rings (SSSR count). The molecule has 8 heteroatoms. The van der Waals surface area contributed by atoms with E-state index in [2.05, 4.69) is 11.9 Å². The lowest BCUT2D eigenvalue weighted by molar-refractivity contribution is -0.115. The fourth-order valence-electron chi connectivity index (χ4n) is 3.40. The first-order chi connectivity index (χ1) is 14.5. The van der Waals surface area contributed by atoms with E-state index in [9.17, 15) is 9.59 Å². The van der Waals surface area contributed by atoms with Gasteiger partial charge in [0.25, 0.3) is 5.91 Å². The van der Waals surface area contributed by atoms with Gasteiger partial charge in [0.1, 0.15) is 6.17 Å². The SMILES string of the molecule is C=CCN1C(=O)c2ccccc2N[C@@H]1c1csc(N(C(C)=O)c2cccc(Cl)c2)n1. The number of rotatable bonds is 5. The fourth-order valence-corrected chi connectivity index (χ4v) is 4.49. The van der Waals surface area contributed by atoms with Crippen LogP contribution in [0.4, 0.5) is 16.5 Å². The zero-order valence-electron chi connectivity index (χ0n) is 16.2. The molecule has 0 bridgehead atoms. The number of fused-ring (bicyclic) bond motifs is 1. The summed E-state index contributed by atoms with van der Waals surface area (Å²) in [4.78, 5) is 33.3. The first kappa shape index (κ1) is 20.1. The Balaban J connectivity index is 1.72. The van der Waals surface area contributed by atoms with Gasteiger partial charge in [-0.05, 0) is 30.3 Å². The standard InChI is InChI=1S/C22H19ClN4O2S/c1-3-11-26-20(24-18-10-5-4-9-17(18)21(26)29)19-13-30-22(25-19)27(14(2)28)16-8-6-7-15(23)12-16/h3-10,12-13,20,24H,1,11H2,2H3/t20-/m0/s1. The minimum absolute atomic E-state index is 0.0953. The van der Waals surface area contributed by atoms with Crippen LogP contribution in [0, 0.1) is 0 Å². The van der Waals surface area contributed by atoms with E-state index in [1.54, 1.807) is 41.3 Å². The molecule has 0 radical (unpaired) electrons. The Morgan fingerprint density at radius 2 is 2.13 bits per heavy atom. The van der Waals surface area contributed by atoms with E-state index < -0.39 is 6.17 Å². The van der Waals surface area contributed by atoms with Crippen molar-refractivity contribution in [2.45, 2.75) is 13.1 Å². The third-order valence-corrected chi connectivity index (χ3v) is 5.79. The molecule has 2 amide bonds. The van der Waals surface area contributed by atoms with E-state index in [-0.39, 0.29) is 11.8 Å². The van der Waals surface area contributed by atoms with Crippen LogP contribution in [0.5, 0.6) is 0 Å². The van der Waals surface area contributed by atoms with Crippen molar-refractivity contribution >= 4 is 51.3 Å². The number of carbonyl (C=O) groups is 2. The van der Waals surface area contributed by atoms with Crippen LogP contribution in [-0.4, -0.2) is 28.2 Å². The number of anilines is 3. The average Bonchev–Trinajstić information content (AvgIpc) is 3.19. The molecule has 1 aliphatic heterocycles. The van der Waals surface area contributed by atoms with Crippen molar-refractivity contribution < 1.29 is 9.59 Å². The van der Waals surface area contributed by atoms with Gasteiger partial charge in [0, 0.05) is 29.6 Å². The van der Waals surface area contributed by atoms with E-state index in [4.69, 9.17) is 16.6 Å². The molecule has 1 aromatic heterocycles. The summed E-state index contributed by atoms with van der Waals surface area (Å²) in [6.45, 7) is 5.61. The monoisotopic (exact) mass is 438 g/mol. The number of nitrogens with one attached hydrogen (secondary N) is 1. The molecule has 1 N–H and O–H groups in total. The summed E-state index contributed by atoms with van der Waals surface area (Å²) >= 11 is 7.44. The topological polar surface area (TPSA) is 65.5 Å². The molecule has 6 nitrogen and oxygen atoms in total. The molecule has 2 aromatic carbocycles. The lowest BCUT2D eigenvalue weighted by Crippen LogP contribution is -2.43. The molecule has 3 aromatic rings. The number of carbonyl (C=O) groups excluding carboxylic acids is 2. The smallest absolute Gasteiger partial charge is 0.258 e. The number of benzene rings is 2. The molecule has 0 saturated carbocycles. The number of halogens is 1. The zero-order valence-corrected chi connectivity index (χ0v) is 17.8. The minimum Gasteiger partial charge on any atom is -0.359 e. The number of thiazole rings is 1. The lowest BCUT2D eigenvalue weighted by atomic mass is 10.1. The molecule has 0 fully saturated rings. The number of aromatic nitrogens is 1. The van der Waals surface area contributed by atoms with Crippen LogP contribution >= 0.6 is 22.9 Å². The maximum Gasteiger partial charge on any atom is 0.258 e. The van der Waals surface area contributed by atoms with E-state index in [0.29, 0.717) is 33.6 Å². The van der Waals surface area contributed by atoms with Gasteiger partial charge in [-0.3, -0.25) is 14.5 Å². The van der Waals surface area contributed by atoms with Crippen LogP contribution in [0.1, 0.15) is 29.1 Å². The Hall–Kier alpha value is -3.16. The fraction of sp³-hybridized carbons (Fsp3) is 0.136. The lowest BCUT2D eigenvalue weighted by Gasteiger charge is -2.36. The third-order valence-electron chi connectivity index (χ3n) is 4.71. The first-order valence-electron chi connectivity index (χ1n) is 9.28. The van der Waals surface area contributed by atoms with Crippen molar-refractivity contribution in [3.8, 4) is 0 Å². The molecular formula is C22H19ClN4O2S. The van der Waals surface area contributed by atoms with Gasteiger partial charge in [-0.2, -0.15) is 0 Å². The first-order valence-corrected chi connectivity index (χ1v) is 10.5. The maximum absolute atomic E-state index is 13.0. The van der Waals surface area contributed by atoms with Crippen molar-refractivity contribution in [3.63, 3.8) is 0 Å². The summed E-state index contributed by atoms with van der Waals surface area (Å²) in [5.41, 5.74) is 2.64. The number of hydrogen-bond acceptors (Lipinski definition) is 5. The normalized spacial score (nSPS) is 15.3. The summed E-state index contributed by atoms with van der Waals surface area (Å²) in [5.74, 6) is -0.277. The van der Waals surface area contributed by atoms with Gasteiger partial charge in [-0.1, -0.05) is 35.9 Å². The molecule has 0 aliphatic carbocycles. The van der Waals surface area contributed by atoms with Gasteiger partial charge in [-0.25, -0.2) is 4.98 Å². The van der Waals surface area contributed by atoms with Crippen LogP contribution in [0.3, 0.4) is 0 Å². The Labute approximate surface area is 183 Å². The molecule has 0 saturated heterocycles. The predicted molar refractivity (Wildman–Crippen MR) is 120 cm³/mol. The quantitative estimate of drug-likeness (QED) is 0.553. The van der Waals surface area contributed by atoms with Crippen molar-refractivity contribution in [2.24, 2.45) is 0 Å². The van der Waals surface area contributed by atoms with Crippen molar-refractivity contribution in [2.75, 3.05) is 16.8 Å². The Kier molecular flexibility index (Phi) is 5.57. The van der Waals surface area contributed by atoms with Gasteiger partial charge < -0.3 is 10.2 Å². The second-order valence-electron chi connectivity index (χ2n) is 6.73. The molecular weight excluding hydrogens is 420 g/mol. The number of hydrogen-bond donors (Lipinski definition) is 1. The highest BCUT2D eigenvalue weighted by molar-refractivity contribution is 7.14. The molecule has 1 atom stereocenters. The van der Waals surface area contributed by atoms with E-state index >= 15 is 0 Å². The Morgan fingerprint density at radius 1 is 1.33 bits per heavy atom. The largest absolute Gasteiger partial charge is 0.359 e. The van der Waals surface area contributed by atoms with Gasteiger partial charge in [0.2, 0.25) is 5.91 Å². The Bertz CT molecular complexity index is 1130. The molecule has 152 valence electrons. The third kappa shape index (κ3) is 3.69. The van der Waals surface area contributed by atoms with Crippen LogP contribution in [0.2, 0.25) is 5.02 Å².